The normalized spacial score (nSPS) is 18.2. The maximum absolute atomic E-state index is 11.8. The quantitative estimate of drug-likeness (QED) is 0.487. The first-order chi connectivity index (χ1) is 9.11. The number of aromatic nitrogens is 2. The summed E-state index contributed by atoms with van der Waals surface area (Å²) in [6.45, 7) is 0.570. The minimum atomic E-state index is -1.20. The fourth-order valence-electron chi connectivity index (χ4n) is 1.87. The molecule has 0 spiro atoms. The van der Waals surface area contributed by atoms with Gasteiger partial charge in [0, 0.05) is 24.4 Å². The van der Waals surface area contributed by atoms with Crippen LogP contribution in [0.2, 0.25) is 0 Å². The molecule has 1 atom stereocenters. The predicted molar refractivity (Wildman–Crippen MR) is 63.5 cm³/mol. The van der Waals surface area contributed by atoms with Gasteiger partial charge in [-0.2, -0.15) is 0 Å². The van der Waals surface area contributed by atoms with Crippen molar-refractivity contribution in [1.82, 2.24) is 9.97 Å². The molecule has 2 heterocycles. The number of carbonyl (C=O) groups excluding carboxylic acids is 1. The molecule has 1 aliphatic rings. The molecule has 1 amide bonds. The number of rotatable bonds is 4. The smallest absolute Gasteiger partial charge is 0.356 e. The van der Waals surface area contributed by atoms with E-state index in [9.17, 15) is 9.59 Å². The number of nitrogens with zero attached hydrogens (tertiary/aromatic N) is 6. The monoisotopic (exact) mass is 262 g/mol. The van der Waals surface area contributed by atoms with E-state index in [1.807, 2.05) is 0 Å². The molecule has 1 aromatic rings. The van der Waals surface area contributed by atoms with E-state index in [2.05, 4.69) is 20.0 Å². The second-order valence-electron chi connectivity index (χ2n) is 4.06. The molecule has 0 radical (unpaired) electrons. The van der Waals surface area contributed by atoms with Crippen molar-refractivity contribution in [3.63, 3.8) is 0 Å². The second-order valence-corrected chi connectivity index (χ2v) is 4.06. The molecule has 1 saturated heterocycles. The maximum Gasteiger partial charge on any atom is 0.356 e. The summed E-state index contributed by atoms with van der Waals surface area (Å²) in [6.07, 6.45) is 2.70. The lowest BCUT2D eigenvalue weighted by molar-refractivity contribution is -0.117. The molecule has 1 fully saturated rings. The van der Waals surface area contributed by atoms with Crippen molar-refractivity contribution in [2.75, 3.05) is 18.0 Å². The number of carbonyl (C=O) groups is 2. The van der Waals surface area contributed by atoms with Gasteiger partial charge in [0.2, 0.25) is 5.91 Å². The minimum Gasteiger partial charge on any atom is -0.476 e. The van der Waals surface area contributed by atoms with Crippen molar-refractivity contribution >= 4 is 17.7 Å². The van der Waals surface area contributed by atoms with Gasteiger partial charge < -0.3 is 5.11 Å². The molecule has 1 unspecified atom stereocenters. The molecule has 9 heteroatoms. The van der Waals surface area contributed by atoms with Crippen molar-refractivity contribution in [1.29, 1.82) is 0 Å². The Morgan fingerprint density at radius 2 is 2.42 bits per heavy atom. The SMILES string of the molecule is [N-]=[N+]=NCC1CC(=O)N(c2cncc(C(=O)O)n2)C1. The van der Waals surface area contributed by atoms with Crippen LogP contribution in [0.4, 0.5) is 5.82 Å². The van der Waals surface area contributed by atoms with Gasteiger partial charge in [-0.25, -0.2) is 9.78 Å². The maximum atomic E-state index is 11.8. The lowest BCUT2D eigenvalue weighted by atomic mass is 10.1. The van der Waals surface area contributed by atoms with Crippen LogP contribution in [-0.2, 0) is 4.79 Å². The topological polar surface area (TPSA) is 132 Å². The summed E-state index contributed by atoms with van der Waals surface area (Å²) in [4.78, 5) is 34.2. The highest BCUT2D eigenvalue weighted by Gasteiger charge is 2.31. The van der Waals surface area contributed by atoms with Crippen molar-refractivity contribution < 1.29 is 14.7 Å². The number of anilines is 1. The number of azide groups is 1. The highest BCUT2D eigenvalue weighted by Crippen LogP contribution is 2.23. The third-order valence-electron chi connectivity index (χ3n) is 2.73. The zero-order valence-electron chi connectivity index (χ0n) is 9.80. The Labute approximate surface area is 107 Å². The lowest BCUT2D eigenvalue weighted by Gasteiger charge is -2.14. The highest BCUT2D eigenvalue weighted by atomic mass is 16.4. The zero-order valence-corrected chi connectivity index (χ0v) is 9.80. The van der Waals surface area contributed by atoms with Gasteiger partial charge in [-0.3, -0.25) is 14.7 Å². The van der Waals surface area contributed by atoms with Crippen LogP contribution in [0.25, 0.3) is 10.4 Å². The summed E-state index contributed by atoms with van der Waals surface area (Å²) in [5.41, 5.74) is 8.03. The van der Waals surface area contributed by atoms with Crippen LogP contribution in [0, 0.1) is 5.92 Å². The van der Waals surface area contributed by atoms with E-state index in [1.165, 1.54) is 11.1 Å². The van der Waals surface area contributed by atoms with E-state index in [1.54, 1.807) is 0 Å². The van der Waals surface area contributed by atoms with E-state index in [0.29, 0.717) is 6.54 Å². The predicted octanol–water partition coefficient (Wildman–Crippen LogP) is 0.838. The van der Waals surface area contributed by atoms with Crippen LogP contribution < -0.4 is 4.90 Å². The van der Waals surface area contributed by atoms with Gasteiger partial charge in [-0.05, 0) is 11.4 Å². The van der Waals surface area contributed by atoms with Gasteiger partial charge >= 0.3 is 5.97 Å². The number of hydrogen-bond donors (Lipinski definition) is 1. The Hall–Kier alpha value is -2.67. The van der Waals surface area contributed by atoms with Crippen LogP contribution >= 0.6 is 0 Å². The van der Waals surface area contributed by atoms with Gasteiger partial charge in [0.05, 0.1) is 12.4 Å². The van der Waals surface area contributed by atoms with E-state index >= 15 is 0 Å². The number of aromatic carboxylic acids is 1. The second kappa shape index (κ2) is 5.32. The van der Waals surface area contributed by atoms with Crippen LogP contribution in [-0.4, -0.2) is 40.0 Å². The molecule has 9 nitrogen and oxygen atoms in total. The van der Waals surface area contributed by atoms with Crippen molar-refractivity contribution in [3.05, 3.63) is 28.5 Å². The number of carboxylic acid groups (broad SMARTS) is 1. The Kier molecular flexibility index (Phi) is 3.58. The van der Waals surface area contributed by atoms with Crippen molar-refractivity contribution in [2.45, 2.75) is 6.42 Å². The standard InChI is InChI=1S/C10H10N6O3/c11-15-13-2-6-1-9(17)16(5-6)8-4-12-3-7(14-8)10(18)19/h3-4,6H,1-2,5H2,(H,18,19). The average Bonchev–Trinajstić information content (AvgIpc) is 2.77. The van der Waals surface area contributed by atoms with Crippen molar-refractivity contribution in [3.8, 4) is 0 Å². The fraction of sp³-hybridized carbons (Fsp3) is 0.400. The zero-order chi connectivity index (χ0) is 13.8. The molecule has 98 valence electrons. The molecule has 0 aromatic carbocycles. The first-order valence-corrected chi connectivity index (χ1v) is 5.48. The van der Waals surface area contributed by atoms with Crippen LogP contribution in [0.1, 0.15) is 16.9 Å². The first-order valence-electron chi connectivity index (χ1n) is 5.48. The van der Waals surface area contributed by atoms with Gasteiger partial charge in [0.1, 0.15) is 0 Å². The molecular formula is C10H10N6O3. The third-order valence-corrected chi connectivity index (χ3v) is 2.73. The summed E-state index contributed by atoms with van der Waals surface area (Å²) in [6, 6.07) is 0. The van der Waals surface area contributed by atoms with E-state index in [4.69, 9.17) is 10.6 Å². The summed E-state index contributed by atoms with van der Waals surface area (Å²) in [5.74, 6) is -1.27. The van der Waals surface area contributed by atoms with Crippen LogP contribution in [0.5, 0.6) is 0 Å². The lowest BCUT2D eigenvalue weighted by Crippen LogP contribution is -2.26. The van der Waals surface area contributed by atoms with Crippen LogP contribution in [0.3, 0.4) is 0 Å². The minimum absolute atomic E-state index is 0.0846. The molecule has 1 aromatic heterocycles. The largest absolute Gasteiger partial charge is 0.476 e. The fourth-order valence-corrected chi connectivity index (χ4v) is 1.87. The number of hydrogen-bond acceptors (Lipinski definition) is 5. The molecule has 2 rings (SSSR count). The van der Waals surface area contributed by atoms with Crippen molar-refractivity contribution in [2.24, 2.45) is 11.0 Å². The molecule has 1 N–H and O–H groups in total. The summed E-state index contributed by atoms with van der Waals surface area (Å²) in [5, 5.41) is 12.3. The van der Waals surface area contributed by atoms with Gasteiger partial charge in [-0.15, -0.1) is 0 Å². The molecule has 1 aliphatic heterocycles. The molecule has 0 saturated carbocycles. The van der Waals surface area contributed by atoms with Gasteiger partial charge in [0.15, 0.2) is 11.5 Å². The van der Waals surface area contributed by atoms with Crippen LogP contribution in [0.15, 0.2) is 17.5 Å². The van der Waals surface area contributed by atoms with E-state index in [0.717, 1.165) is 6.20 Å². The average molecular weight is 262 g/mol. The number of amides is 1. The van der Waals surface area contributed by atoms with Gasteiger partial charge in [0.25, 0.3) is 0 Å². The Morgan fingerprint density at radius 1 is 1.63 bits per heavy atom. The molecular weight excluding hydrogens is 252 g/mol. The summed E-state index contributed by atoms with van der Waals surface area (Å²) >= 11 is 0. The number of carboxylic acids is 1. The first kappa shape index (κ1) is 12.8. The highest BCUT2D eigenvalue weighted by molar-refractivity contribution is 5.95. The molecule has 0 aliphatic carbocycles. The summed E-state index contributed by atoms with van der Waals surface area (Å²) < 4.78 is 0. The van der Waals surface area contributed by atoms with E-state index < -0.39 is 5.97 Å². The molecule has 19 heavy (non-hydrogen) atoms. The Balaban J connectivity index is 2.18. The third kappa shape index (κ3) is 2.78. The Bertz CT molecular complexity index is 568. The molecule has 0 bridgehead atoms. The summed E-state index contributed by atoms with van der Waals surface area (Å²) in [7, 11) is 0. The van der Waals surface area contributed by atoms with Gasteiger partial charge in [-0.1, -0.05) is 5.11 Å². The van der Waals surface area contributed by atoms with E-state index in [-0.39, 0.29) is 36.3 Å². The Morgan fingerprint density at radius 3 is 3.11 bits per heavy atom.